The van der Waals surface area contributed by atoms with Gasteiger partial charge in [0.15, 0.2) is 0 Å². The first-order valence-electron chi connectivity index (χ1n) is 5.74. The van der Waals surface area contributed by atoms with Gasteiger partial charge in [0.1, 0.15) is 4.51 Å². The van der Waals surface area contributed by atoms with Gasteiger partial charge in [0, 0.05) is 25.7 Å². The van der Waals surface area contributed by atoms with Crippen LogP contribution in [0.2, 0.25) is 0 Å². The molecule has 0 bridgehead atoms. The monoisotopic (exact) mass is 240 g/mol. The van der Waals surface area contributed by atoms with E-state index in [0.717, 1.165) is 37.3 Å². The molecule has 0 N–H and O–H groups in total. The van der Waals surface area contributed by atoms with Crippen LogP contribution in [0.15, 0.2) is 4.79 Å². The molecule has 0 atom stereocenters. The van der Waals surface area contributed by atoms with Crippen molar-refractivity contribution in [2.45, 2.75) is 20.3 Å². The number of nitrogens with zero attached hydrogens (tertiary/aromatic N) is 2. The molecule has 0 aliphatic carbocycles. The van der Waals surface area contributed by atoms with Crippen molar-refractivity contribution in [3.63, 3.8) is 0 Å². The average molecular weight is 240 g/mol. The fraction of sp³-hybridized carbons (Fsp3) is 0.667. The normalized spacial score (nSPS) is 11.3. The molecule has 0 saturated carbocycles. The summed E-state index contributed by atoms with van der Waals surface area (Å²) < 4.78 is 0.513. The second kappa shape index (κ2) is 5.55. The largest absolute Gasteiger partial charge is 0.372 e. The lowest BCUT2D eigenvalue weighted by molar-refractivity contribution is 0.360. The summed E-state index contributed by atoms with van der Waals surface area (Å²) in [5, 5.41) is 0. The highest BCUT2D eigenvalue weighted by atomic mass is 32.1. The van der Waals surface area contributed by atoms with Crippen LogP contribution in [0.5, 0.6) is 0 Å². The Morgan fingerprint density at radius 3 is 2.31 bits per heavy atom. The molecule has 0 fully saturated rings. The maximum atomic E-state index is 11.5. The Bertz CT molecular complexity index is 421. The summed E-state index contributed by atoms with van der Waals surface area (Å²) in [5.41, 5.74) is 1.96. The molecule has 1 aromatic rings. The summed E-state index contributed by atoms with van der Waals surface area (Å²) in [6.45, 7) is 7.08. The van der Waals surface area contributed by atoms with Crippen molar-refractivity contribution in [1.82, 2.24) is 4.90 Å². The summed E-state index contributed by atoms with van der Waals surface area (Å²) in [5.74, 6) is 0. The lowest BCUT2D eigenvalue weighted by Gasteiger charge is -2.26. The molecule has 0 aromatic heterocycles. The average Bonchev–Trinajstić information content (AvgIpc) is 2.30. The van der Waals surface area contributed by atoms with Gasteiger partial charge in [-0.15, -0.1) is 0 Å². The van der Waals surface area contributed by atoms with Gasteiger partial charge in [-0.3, -0.25) is 4.79 Å². The van der Waals surface area contributed by atoms with Crippen LogP contribution in [-0.4, -0.2) is 38.6 Å². The minimum absolute atomic E-state index is 0.0724. The summed E-state index contributed by atoms with van der Waals surface area (Å²) in [7, 11) is 4.10. The molecule has 90 valence electrons. The Balaban J connectivity index is 2.67. The Labute approximate surface area is 102 Å². The van der Waals surface area contributed by atoms with E-state index in [0.29, 0.717) is 4.51 Å². The van der Waals surface area contributed by atoms with E-state index in [1.807, 2.05) is 14.0 Å². The van der Waals surface area contributed by atoms with Gasteiger partial charge in [0.25, 0.3) is 0 Å². The topological polar surface area (TPSA) is 23.6 Å². The molecule has 0 spiro atoms. The minimum atomic E-state index is 0.0724. The first kappa shape index (κ1) is 13.3. The summed E-state index contributed by atoms with van der Waals surface area (Å²) in [4.78, 5) is 15.8. The van der Waals surface area contributed by atoms with E-state index in [2.05, 4.69) is 23.8 Å². The third kappa shape index (κ3) is 2.50. The Hall–Kier alpha value is -0.740. The van der Waals surface area contributed by atoms with Gasteiger partial charge in [-0.25, -0.2) is 0 Å². The van der Waals surface area contributed by atoms with Gasteiger partial charge in [0.2, 0.25) is 5.43 Å². The molecule has 1 aromatic carbocycles. The molecule has 0 aliphatic heterocycles. The molecular weight excluding hydrogens is 220 g/mol. The maximum absolute atomic E-state index is 11.5. The number of hydrogen-bond acceptors (Lipinski definition) is 4. The lowest BCUT2D eigenvalue weighted by atomic mass is 10.0. The van der Waals surface area contributed by atoms with Crippen molar-refractivity contribution in [1.29, 1.82) is 0 Å². The van der Waals surface area contributed by atoms with Gasteiger partial charge in [-0.05, 0) is 20.0 Å². The molecule has 3 nitrogen and oxygen atoms in total. The molecule has 0 unspecified atom stereocenters. The van der Waals surface area contributed by atoms with Crippen molar-refractivity contribution in [2.24, 2.45) is 0 Å². The third-order valence-corrected chi connectivity index (χ3v) is 3.45. The molecule has 0 saturated heterocycles. The first-order valence-corrected chi connectivity index (χ1v) is 6.15. The molecule has 0 heterocycles. The second-order valence-electron chi connectivity index (χ2n) is 4.16. The zero-order valence-corrected chi connectivity index (χ0v) is 11.4. The van der Waals surface area contributed by atoms with Crippen LogP contribution < -0.4 is 10.3 Å². The molecular formula is C12H20N2OS. The van der Waals surface area contributed by atoms with Crippen LogP contribution >= 0.6 is 12.2 Å². The van der Waals surface area contributed by atoms with Crippen LogP contribution in [0.1, 0.15) is 19.4 Å². The smallest absolute Gasteiger partial charge is 0.204 e. The van der Waals surface area contributed by atoms with E-state index >= 15 is 0 Å². The summed E-state index contributed by atoms with van der Waals surface area (Å²) in [6.07, 6.45) is 0.780. The Morgan fingerprint density at radius 1 is 1.19 bits per heavy atom. The van der Waals surface area contributed by atoms with Crippen LogP contribution in [0.25, 0.3) is 0 Å². The van der Waals surface area contributed by atoms with E-state index in [9.17, 15) is 4.79 Å². The molecule has 4 heteroatoms. The van der Waals surface area contributed by atoms with Crippen LogP contribution in [0.3, 0.4) is 0 Å². The summed E-state index contributed by atoms with van der Waals surface area (Å²) in [6, 6.07) is 0. The quantitative estimate of drug-likeness (QED) is 0.705. The van der Waals surface area contributed by atoms with Gasteiger partial charge < -0.3 is 9.80 Å². The van der Waals surface area contributed by atoms with Gasteiger partial charge >= 0.3 is 0 Å². The Morgan fingerprint density at radius 2 is 1.81 bits per heavy atom. The van der Waals surface area contributed by atoms with E-state index in [-0.39, 0.29) is 5.43 Å². The van der Waals surface area contributed by atoms with Gasteiger partial charge in [-0.1, -0.05) is 26.1 Å². The SMILES string of the molecule is CCc1c(N(C)CCN(C)CC)c(=S)c1=O. The first-order chi connectivity index (χ1) is 7.52. The van der Waals surface area contributed by atoms with Crippen LogP contribution in [-0.2, 0) is 6.42 Å². The highest BCUT2D eigenvalue weighted by molar-refractivity contribution is 7.71. The molecule has 16 heavy (non-hydrogen) atoms. The standard InChI is InChI=1S/C12H20N2OS/c1-5-9-10(12(16)11(9)15)14(4)8-7-13(3)6-2/h5-8H2,1-4H3. The van der Waals surface area contributed by atoms with Gasteiger partial charge in [0.05, 0.1) is 5.69 Å². The highest BCUT2D eigenvalue weighted by Crippen LogP contribution is 2.21. The predicted octanol–water partition coefficient (Wildman–Crippen LogP) is 1.60. The molecule has 0 amide bonds. The zero-order chi connectivity index (χ0) is 12.3. The van der Waals surface area contributed by atoms with Crippen molar-refractivity contribution >= 4 is 17.9 Å². The third-order valence-electron chi connectivity index (χ3n) is 3.07. The molecule has 0 radical (unpaired) electrons. The van der Waals surface area contributed by atoms with Crippen LogP contribution in [0.4, 0.5) is 5.69 Å². The van der Waals surface area contributed by atoms with E-state index < -0.39 is 0 Å². The molecule has 1 rings (SSSR count). The number of anilines is 1. The number of hydrogen-bond donors (Lipinski definition) is 0. The van der Waals surface area contributed by atoms with E-state index in [4.69, 9.17) is 12.2 Å². The van der Waals surface area contributed by atoms with Crippen molar-refractivity contribution in [3.05, 3.63) is 20.3 Å². The van der Waals surface area contributed by atoms with E-state index in [1.54, 1.807) is 0 Å². The minimum Gasteiger partial charge on any atom is -0.372 e. The van der Waals surface area contributed by atoms with Crippen LogP contribution in [0, 0.1) is 4.51 Å². The fourth-order valence-electron chi connectivity index (χ4n) is 1.75. The predicted molar refractivity (Wildman–Crippen MR) is 71.7 cm³/mol. The van der Waals surface area contributed by atoms with Crippen molar-refractivity contribution in [2.75, 3.05) is 38.6 Å². The lowest BCUT2D eigenvalue weighted by Crippen LogP contribution is -2.34. The molecule has 0 aliphatic rings. The van der Waals surface area contributed by atoms with E-state index in [1.165, 1.54) is 0 Å². The zero-order valence-electron chi connectivity index (χ0n) is 10.5. The summed E-state index contributed by atoms with van der Waals surface area (Å²) >= 11 is 5.09. The maximum Gasteiger partial charge on any atom is 0.204 e. The Kier molecular flexibility index (Phi) is 4.62. The van der Waals surface area contributed by atoms with Crippen molar-refractivity contribution < 1.29 is 0 Å². The highest BCUT2D eigenvalue weighted by Gasteiger charge is 2.19. The van der Waals surface area contributed by atoms with Crippen molar-refractivity contribution in [3.8, 4) is 0 Å². The fourth-order valence-corrected chi connectivity index (χ4v) is 2.15. The van der Waals surface area contributed by atoms with Gasteiger partial charge in [-0.2, -0.15) is 0 Å². The number of likely N-dealkylation sites (N-methyl/N-ethyl adjacent to an activating group) is 2. The number of rotatable bonds is 6. The second-order valence-corrected chi connectivity index (χ2v) is 4.56.